The Hall–Kier alpha value is -1.10. The van der Waals surface area contributed by atoms with Crippen LogP contribution in [-0.4, -0.2) is 36.4 Å². The van der Waals surface area contributed by atoms with Gasteiger partial charge in [0, 0.05) is 24.3 Å². The molecule has 126 valence electrons. The number of nitrogens with one attached hydrogen (secondary N) is 1. The third-order valence-corrected chi connectivity index (χ3v) is 5.43. The van der Waals surface area contributed by atoms with Gasteiger partial charge in [-0.3, -0.25) is 4.79 Å². The van der Waals surface area contributed by atoms with Crippen molar-refractivity contribution in [2.75, 3.05) is 13.2 Å². The summed E-state index contributed by atoms with van der Waals surface area (Å²) in [4.78, 5) is 13.1. The van der Waals surface area contributed by atoms with Crippen LogP contribution < -0.4 is 5.32 Å². The van der Waals surface area contributed by atoms with E-state index in [4.69, 9.17) is 16.3 Å². The van der Waals surface area contributed by atoms with Crippen molar-refractivity contribution in [3.05, 3.63) is 34.9 Å². The van der Waals surface area contributed by atoms with Crippen molar-refractivity contribution < 1.29 is 14.6 Å². The van der Waals surface area contributed by atoms with Gasteiger partial charge in [0.15, 0.2) is 0 Å². The van der Waals surface area contributed by atoms with Gasteiger partial charge in [-0.25, -0.2) is 0 Å². The summed E-state index contributed by atoms with van der Waals surface area (Å²) >= 11 is 6.15. The molecular weight excluding hydrogens is 314 g/mol. The molecule has 1 aromatic rings. The highest BCUT2D eigenvalue weighted by Crippen LogP contribution is 2.36. The van der Waals surface area contributed by atoms with Gasteiger partial charge in [-0.05, 0) is 56.2 Å². The van der Waals surface area contributed by atoms with Crippen LogP contribution in [0.1, 0.15) is 44.1 Å². The minimum absolute atomic E-state index is 0.0736. The van der Waals surface area contributed by atoms with Gasteiger partial charge in [-0.1, -0.05) is 23.7 Å². The molecule has 1 aliphatic carbocycles. The molecule has 1 aliphatic heterocycles. The fourth-order valence-electron chi connectivity index (χ4n) is 3.70. The van der Waals surface area contributed by atoms with Crippen LogP contribution in [0, 0.1) is 0 Å². The zero-order chi connectivity index (χ0) is 16.3. The number of carbonyl (C=O) groups is 1. The second-order valence-corrected chi connectivity index (χ2v) is 7.12. The molecule has 2 N–H and O–H groups in total. The van der Waals surface area contributed by atoms with Crippen LogP contribution in [0.4, 0.5) is 0 Å². The number of aliphatic hydroxyl groups is 1. The Bertz CT molecular complexity index is 549. The SMILES string of the molecule is O=C(NC1CCC(O)CC1)C1(c2cccc(Cl)c2)CCOCC1. The van der Waals surface area contributed by atoms with E-state index in [9.17, 15) is 9.90 Å². The van der Waals surface area contributed by atoms with E-state index in [2.05, 4.69) is 5.32 Å². The van der Waals surface area contributed by atoms with Crippen LogP contribution in [0.2, 0.25) is 5.02 Å². The van der Waals surface area contributed by atoms with Crippen LogP contribution >= 0.6 is 11.6 Å². The van der Waals surface area contributed by atoms with E-state index in [1.807, 2.05) is 24.3 Å². The second kappa shape index (κ2) is 7.20. The van der Waals surface area contributed by atoms with Gasteiger partial charge < -0.3 is 15.2 Å². The first-order chi connectivity index (χ1) is 11.1. The summed E-state index contributed by atoms with van der Waals surface area (Å²) in [6, 6.07) is 7.78. The average Bonchev–Trinajstić information content (AvgIpc) is 2.57. The fourth-order valence-corrected chi connectivity index (χ4v) is 3.89. The second-order valence-electron chi connectivity index (χ2n) is 6.68. The number of benzene rings is 1. The molecule has 0 spiro atoms. The van der Waals surface area contributed by atoms with Gasteiger partial charge in [0.1, 0.15) is 0 Å². The Morgan fingerprint density at radius 2 is 1.91 bits per heavy atom. The predicted molar refractivity (Wildman–Crippen MR) is 89.6 cm³/mol. The lowest BCUT2D eigenvalue weighted by atomic mass is 9.73. The smallest absolute Gasteiger partial charge is 0.231 e. The third-order valence-electron chi connectivity index (χ3n) is 5.19. The number of amides is 1. The molecule has 1 heterocycles. The van der Waals surface area contributed by atoms with Crippen molar-refractivity contribution >= 4 is 17.5 Å². The van der Waals surface area contributed by atoms with Crippen LogP contribution in [0.25, 0.3) is 0 Å². The Morgan fingerprint density at radius 1 is 1.22 bits per heavy atom. The highest BCUT2D eigenvalue weighted by Gasteiger charge is 2.42. The van der Waals surface area contributed by atoms with Gasteiger partial charge >= 0.3 is 0 Å². The van der Waals surface area contributed by atoms with E-state index < -0.39 is 5.41 Å². The zero-order valence-corrected chi connectivity index (χ0v) is 14.0. The van der Waals surface area contributed by atoms with Gasteiger partial charge in [-0.2, -0.15) is 0 Å². The fraction of sp³-hybridized carbons (Fsp3) is 0.611. The molecule has 0 bridgehead atoms. The summed E-state index contributed by atoms with van der Waals surface area (Å²) in [6.45, 7) is 1.17. The van der Waals surface area contributed by atoms with E-state index >= 15 is 0 Å². The number of rotatable bonds is 3. The minimum atomic E-state index is -0.556. The highest BCUT2D eigenvalue weighted by molar-refractivity contribution is 6.30. The third kappa shape index (κ3) is 3.70. The van der Waals surface area contributed by atoms with Crippen molar-refractivity contribution in [1.82, 2.24) is 5.32 Å². The van der Waals surface area contributed by atoms with E-state index in [1.54, 1.807) is 0 Å². The van der Waals surface area contributed by atoms with Crippen molar-refractivity contribution in [2.45, 2.75) is 56.1 Å². The molecule has 1 saturated carbocycles. The monoisotopic (exact) mass is 337 g/mol. The summed E-state index contributed by atoms with van der Waals surface area (Å²) in [5.74, 6) is 0.0736. The molecule has 5 heteroatoms. The van der Waals surface area contributed by atoms with Crippen LogP contribution in [0.15, 0.2) is 24.3 Å². The molecule has 1 aromatic carbocycles. The quantitative estimate of drug-likeness (QED) is 0.891. The molecule has 0 unspecified atom stereocenters. The molecule has 0 aromatic heterocycles. The highest BCUT2D eigenvalue weighted by atomic mass is 35.5. The first kappa shape index (κ1) is 16.7. The predicted octanol–water partition coefficient (Wildman–Crippen LogP) is 2.81. The van der Waals surface area contributed by atoms with Crippen LogP contribution in [-0.2, 0) is 14.9 Å². The van der Waals surface area contributed by atoms with Gasteiger partial charge in [-0.15, -0.1) is 0 Å². The van der Waals surface area contributed by atoms with Crippen molar-refractivity contribution in [2.24, 2.45) is 0 Å². The Balaban J connectivity index is 1.79. The summed E-state index contributed by atoms with van der Waals surface area (Å²) in [6.07, 6.45) is 4.34. The lowest BCUT2D eigenvalue weighted by Crippen LogP contribution is -2.51. The van der Waals surface area contributed by atoms with Crippen LogP contribution in [0.5, 0.6) is 0 Å². The number of aliphatic hydroxyl groups excluding tert-OH is 1. The van der Waals surface area contributed by atoms with Crippen LogP contribution in [0.3, 0.4) is 0 Å². The first-order valence-corrected chi connectivity index (χ1v) is 8.81. The largest absolute Gasteiger partial charge is 0.393 e. The van der Waals surface area contributed by atoms with Gasteiger partial charge in [0.2, 0.25) is 5.91 Å². The van der Waals surface area contributed by atoms with E-state index in [1.165, 1.54) is 0 Å². The maximum atomic E-state index is 13.1. The number of carbonyl (C=O) groups excluding carboxylic acids is 1. The summed E-state index contributed by atoms with van der Waals surface area (Å²) < 4.78 is 5.48. The van der Waals surface area contributed by atoms with Gasteiger partial charge in [0.25, 0.3) is 0 Å². The standard InChI is InChI=1S/C18H24ClNO3/c19-14-3-1-2-13(12-14)18(8-10-23-11-9-18)17(22)20-15-4-6-16(21)7-5-15/h1-3,12,15-16,21H,4-11H2,(H,20,22). The van der Waals surface area contributed by atoms with E-state index in [-0.39, 0.29) is 18.1 Å². The van der Waals surface area contributed by atoms with Crippen molar-refractivity contribution in [3.8, 4) is 0 Å². The lowest BCUT2D eigenvalue weighted by Gasteiger charge is -2.38. The molecule has 2 aliphatic rings. The number of hydrogen-bond donors (Lipinski definition) is 2. The van der Waals surface area contributed by atoms with Gasteiger partial charge in [0.05, 0.1) is 11.5 Å². The Labute approximate surface area is 142 Å². The summed E-state index contributed by atoms with van der Waals surface area (Å²) in [7, 11) is 0. The zero-order valence-electron chi connectivity index (χ0n) is 13.3. The molecule has 4 nitrogen and oxygen atoms in total. The average molecular weight is 338 g/mol. The topological polar surface area (TPSA) is 58.6 Å². The number of halogens is 1. The lowest BCUT2D eigenvalue weighted by molar-refractivity contribution is -0.131. The van der Waals surface area contributed by atoms with Crippen molar-refractivity contribution in [1.29, 1.82) is 0 Å². The Kier molecular flexibility index (Phi) is 5.24. The molecule has 0 atom stereocenters. The summed E-state index contributed by atoms with van der Waals surface area (Å²) in [5.41, 5.74) is 0.417. The molecule has 1 saturated heterocycles. The van der Waals surface area contributed by atoms with E-state index in [0.717, 1.165) is 31.2 Å². The molecule has 1 amide bonds. The normalized spacial score (nSPS) is 27.4. The first-order valence-electron chi connectivity index (χ1n) is 8.43. The summed E-state index contributed by atoms with van der Waals surface area (Å²) in [5, 5.41) is 13.5. The molecule has 3 rings (SSSR count). The Morgan fingerprint density at radius 3 is 2.57 bits per heavy atom. The minimum Gasteiger partial charge on any atom is -0.393 e. The molecule has 23 heavy (non-hydrogen) atoms. The maximum absolute atomic E-state index is 13.1. The number of ether oxygens (including phenoxy) is 1. The van der Waals surface area contributed by atoms with Crippen molar-refractivity contribution in [3.63, 3.8) is 0 Å². The maximum Gasteiger partial charge on any atom is 0.231 e. The number of hydrogen-bond acceptors (Lipinski definition) is 3. The molecular formula is C18H24ClNO3. The molecule has 0 radical (unpaired) electrons. The van der Waals surface area contributed by atoms with E-state index in [0.29, 0.717) is 31.1 Å². The molecule has 2 fully saturated rings.